The first kappa shape index (κ1) is 16.9. The quantitative estimate of drug-likeness (QED) is 0.559. The summed E-state index contributed by atoms with van der Waals surface area (Å²) in [7, 11) is -2.86. The van der Waals surface area contributed by atoms with Crippen LogP contribution in [0.25, 0.3) is 0 Å². The third kappa shape index (κ3) is 6.01. The minimum Gasteiger partial charge on any atom is -0.501 e. The lowest BCUT2D eigenvalue weighted by Crippen LogP contribution is -2.26. The molecule has 1 aliphatic carbocycles. The van der Waals surface area contributed by atoms with Gasteiger partial charge in [0.05, 0.1) is 23.9 Å². The van der Waals surface area contributed by atoms with Gasteiger partial charge in [-0.25, -0.2) is 8.42 Å². The summed E-state index contributed by atoms with van der Waals surface area (Å²) in [5.74, 6) is 0.391. The Hall–Kier alpha value is -0.510. The molecule has 1 saturated carbocycles. The molecule has 122 valence electrons. The average molecular weight is 314 g/mol. The standard InChI is InChI=1S/C17H30O3S/c18-21(19)14-7-2-1-6-11-17(21)12-8-13-20-15-16-9-4-3-5-10-16/h15,17H,1-14H2. The summed E-state index contributed by atoms with van der Waals surface area (Å²) < 4.78 is 30.1. The fourth-order valence-corrected chi connectivity index (χ4v) is 5.39. The van der Waals surface area contributed by atoms with E-state index in [1.807, 2.05) is 6.26 Å². The van der Waals surface area contributed by atoms with Crippen LogP contribution in [0.2, 0.25) is 0 Å². The van der Waals surface area contributed by atoms with Crippen molar-refractivity contribution in [1.82, 2.24) is 0 Å². The molecule has 0 radical (unpaired) electrons. The highest BCUT2D eigenvalue weighted by Gasteiger charge is 2.25. The van der Waals surface area contributed by atoms with E-state index < -0.39 is 9.84 Å². The van der Waals surface area contributed by atoms with Crippen LogP contribution in [-0.4, -0.2) is 26.0 Å². The van der Waals surface area contributed by atoms with E-state index in [9.17, 15) is 8.42 Å². The molecule has 0 spiro atoms. The molecule has 0 bridgehead atoms. The molecule has 1 aliphatic heterocycles. The van der Waals surface area contributed by atoms with Gasteiger partial charge in [0, 0.05) is 0 Å². The maximum Gasteiger partial charge on any atom is 0.153 e. The molecule has 0 aromatic rings. The Bertz CT molecular complexity index is 417. The minimum atomic E-state index is -2.86. The van der Waals surface area contributed by atoms with Crippen LogP contribution < -0.4 is 0 Å². The Labute approximate surface area is 130 Å². The smallest absolute Gasteiger partial charge is 0.153 e. The van der Waals surface area contributed by atoms with Crippen LogP contribution >= 0.6 is 0 Å². The minimum absolute atomic E-state index is 0.122. The zero-order valence-electron chi connectivity index (χ0n) is 13.2. The predicted molar refractivity (Wildman–Crippen MR) is 87.0 cm³/mol. The van der Waals surface area contributed by atoms with Gasteiger partial charge >= 0.3 is 0 Å². The Balaban J connectivity index is 1.68. The van der Waals surface area contributed by atoms with Crippen LogP contribution in [0.15, 0.2) is 11.8 Å². The first-order chi connectivity index (χ1) is 10.2. The molecular formula is C17H30O3S. The third-order valence-electron chi connectivity index (χ3n) is 4.75. The van der Waals surface area contributed by atoms with E-state index in [1.165, 1.54) is 44.1 Å². The summed E-state index contributed by atoms with van der Waals surface area (Å²) >= 11 is 0. The molecule has 0 aromatic carbocycles. The van der Waals surface area contributed by atoms with Gasteiger partial charge in [0.25, 0.3) is 0 Å². The number of allylic oxidation sites excluding steroid dienone is 1. The van der Waals surface area contributed by atoms with Gasteiger partial charge in [-0.3, -0.25) is 0 Å². The van der Waals surface area contributed by atoms with Crippen molar-refractivity contribution < 1.29 is 13.2 Å². The number of hydrogen-bond acceptors (Lipinski definition) is 3. The third-order valence-corrected chi connectivity index (χ3v) is 7.09. The van der Waals surface area contributed by atoms with Crippen molar-refractivity contribution in [2.75, 3.05) is 12.4 Å². The number of rotatable bonds is 5. The van der Waals surface area contributed by atoms with Crippen molar-refractivity contribution >= 4 is 9.84 Å². The van der Waals surface area contributed by atoms with Crippen molar-refractivity contribution in [3.63, 3.8) is 0 Å². The van der Waals surface area contributed by atoms with Crippen molar-refractivity contribution in [1.29, 1.82) is 0 Å². The monoisotopic (exact) mass is 314 g/mol. The molecule has 1 unspecified atom stereocenters. The lowest BCUT2D eigenvalue weighted by atomic mass is 9.96. The van der Waals surface area contributed by atoms with Gasteiger partial charge in [0.1, 0.15) is 0 Å². The van der Waals surface area contributed by atoms with Crippen molar-refractivity contribution in [3.8, 4) is 0 Å². The second kappa shape index (κ2) is 8.82. The van der Waals surface area contributed by atoms with E-state index >= 15 is 0 Å². The molecule has 0 N–H and O–H groups in total. The van der Waals surface area contributed by atoms with Gasteiger partial charge < -0.3 is 4.74 Å². The predicted octanol–water partition coefficient (Wildman–Crippen LogP) is 4.38. The number of ether oxygens (including phenoxy) is 1. The molecule has 1 atom stereocenters. The highest BCUT2D eigenvalue weighted by atomic mass is 32.2. The summed E-state index contributed by atoms with van der Waals surface area (Å²) in [4.78, 5) is 0. The van der Waals surface area contributed by atoms with Gasteiger partial charge in [-0.1, -0.05) is 25.7 Å². The zero-order valence-corrected chi connectivity index (χ0v) is 14.0. The van der Waals surface area contributed by atoms with Crippen LogP contribution in [0, 0.1) is 0 Å². The van der Waals surface area contributed by atoms with Gasteiger partial charge in [-0.2, -0.15) is 0 Å². The molecule has 1 saturated heterocycles. The van der Waals surface area contributed by atoms with Gasteiger partial charge in [0.2, 0.25) is 0 Å². The van der Waals surface area contributed by atoms with E-state index in [2.05, 4.69) is 0 Å². The van der Waals surface area contributed by atoms with Crippen molar-refractivity contribution in [3.05, 3.63) is 11.8 Å². The highest BCUT2D eigenvalue weighted by molar-refractivity contribution is 7.92. The first-order valence-corrected chi connectivity index (χ1v) is 10.4. The fraction of sp³-hybridized carbons (Fsp3) is 0.882. The molecule has 0 amide bonds. The Morgan fingerprint density at radius 3 is 2.52 bits per heavy atom. The molecule has 2 fully saturated rings. The largest absolute Gasteiger partial charge is 0.501 e. The topological polar surface area (TPSA) is 43.4 Å². The fourth-order valence-electron chi connectivity index (χ4n) is 3.39. The van der Waals surface area contributed by atoms with Crippen LogP contribution in [0.5, 0.6) is 0 Å². The van der Waals surface area contributed by atoms with E-state index in [0.717, 1.165) is 38.5 Å². The van der Waals surface area contributed by atoms with Crippen LogP contribution in [0.4, 0.5) is 0 Å². The highest BCUT2D eigenvalue weighted by Crippen LogP contribution is 2.24. The van der Waals surface area contributed by atoms with Gasteiger partial charge in [-0.05, 0) is 56.9 Å². The Kier molecular flexibility index (Phi) is 7.08. The molecule has 4 heteroatoms. The average Bonchev–Trinajstić information content (AvgIpc) is 2.47. The lowest BCUT2D eigenvalue weighted by molar-refractivity contribution is 0.235. The van der Waals surface area contributed by atoms with Crippen LogP contribution in [0.1, 0.15) is 77.0 Å². The molecule has 1 heterocycles. The first-order valence-electron chi connectivity index (χ1n) is 8.69. The molecule has 2 rings (SSSR count). The van der Waals surface area contributed by atoms with E-state index in [0.29, 0.717) is 12.4 Å². The van der Waals surface area contributed by atoms with Crippen molar-refractivity contribution in [2.45, 2.75) is 82.3 Å². The van der Waals surface area contributed by atoms with Gasteiger partial charge in [-0.15, -0.1) is 0 Å². The second-order valence-electron chi connectivity index (χ2n) is 6.54. The normalized spacial score (nSPS) is 26.7. The summed E-state index contributed by atoms with van der Waals surface area (Å²) in [5.41, 5.74) is 1.43. The molecule has 3 nitrogen and oxygen atoms in total. The number of hydrogen-bond donors (Lipinski definition) is 0. The summed E-state index contributed by atoms with van der Waals surface area (Å²) in [6, 6.07) is 0. The summed E-state index contributed by atoms with van der Waals surface area (Å²) in [5, 5.41) is -0.122. The molecule has 0 aromatic heterocycles. The van der Waals surface area contributed by atoms with Crippen LogP contribution in [-0.2, 0) is 14.6 Å². The Morgan fingerprint density at radius 2 is 1.71 bits per heavy atom. The van der Waals surface area contributed by atoms with Gasteiger partial charge in [0.15, 0.2) is 9.84 Å². The molecule has 2 aliphatic rings. The summed E-state index contributed by atoms with van der Waals surface area (Å²) in [6.45, 7) is 0.662. The molecule has 21 heavy (non-hydrogen) atoms. The zero-order chi connectivity index (χ0) is 15.0. The lowest BCUT2D eigenvalue weighted by Gasteiger charge is -2.20. The van der Waals surface area contributed by atoms with Crippen molar-refractivity contribution in [2.24, 2.45) is 0 Å². The Morgan fingerprint density at radius 1 is 1.00 bits per heavy atom. The maximum absolute atomic E-state index is 12.2. The SMILES string of the molecule is O=S1(=O)CCCCCCC1CCCOC=C1CCCCC1. The van der Waals surface area contributed by atoms with E-state index in [1.54, 1.807) is 0 Å². The second-order valence-corrected chi connectivity index (χ2v) is 8.94. The maximum atomic E-state index is 12.2. The van der Waals surface area contributed by atoms with E-state index in [-0.39, 0.29) is 5.25 Å². The molecular weight excluding hydrogens is 284 g/mol. The van der Waals surface area contributed by atoms with E-state index in [4.69, 9.17) is 4.74 Å². The summed E-state index contributed by atoms with van der Waals surface area (Å²) in [6.07, 6.45) is 14.9. The van der Waals surface area contributed by atoms with Crippen LogP contribution in [0.3, 0.4) is 0 Å². The number of sulfone groups is 1.